The molecule has 0 bridgehead atoms. The molecule has 238 valence electrons. The molecular formula is C36H34F3N3O3S. The van der Waals surface area contributed by atoms with Crippen molar-refractivity contribution in [2.45, 2.75) is 38.3 Å². The summed E-state index contributed by atoms with van der Waals surface area (Å²) >= 11 is 1.33. The average Bonchev–Trinajstić information content (AvgIpc) is 3.54. The molecular weight excluding hydrogens is 611 g/mol. The molecule has 0 aliphatic rings. The number of amides is 1. The zero-order valence-corrected chi connectivity index (χ0v) is 26.3. The molecule has 1 aromatic heterocycles. The molecule has 1 unspecified atom stereocenters. The summed E-state index contributed by atoms with van der Waals surface area (Å²) < 4.78 is 51.3. The second-order valence-corrected chi connectivity index (χ2v) is 11.7. The highest BCUT2D eigenvalue weighted by molar-refractivity contribution is 7.09. The lowest BCUT2D eigenvalue weighted by molar-refractivity contribution is -0.137. The maximum absolute atomic E-state index is 13.5. The number of carbonyl (C=O) groups is 1. The molecule has 0 aliphatic heterocycles. The molecule has 0 aliphatic carbocycles. The van der Waals surface area contributed by atoms with Crippen LogP contribution in [0, 0.1) is 0 Å². The van der Waals surface area contributed by atoms with Crippen molar-refractivity contribution in [3.8, 4) is 11.5 Å². The Balaban J connectivity index is 1.36. The monoisotopic (exact) mass is 645 g/mol. The van der Waals surface area contributed by atoms with Crippen molar-refractivity contribution in [1.29, 1.82) is 0 Å². The number of ether oxygens (including phenoxy) is 2. The Hall–Kier alpha value is -4.67. The first-order chi connectivity index (χ1) is 22.2. The molecule has 1 N–H and O–H groups in total. The Labute approximate surface area is 270 Å². The van der Waals surface area contributed by atoms with Gasteiger partial charge in [0.1, 0.15) is 22.2 Å². The zero-order chi connectivity index (χ0) is 32.5. The lowest BCUT2D eigenvalue weighted by Crippen LogP contribution is -2.30. The summed E-state index contributed by atoms with van der Waals surface area (Å²) in [6.07, 6.45) is -3.84. The van der Waals surface area contributed by atoms with Crippen LogP contribution in [-0.2, 0) is 32.2 Å². The SMILES string of the molecule is COc1ccc(CN(Cc2cccc(C(F)(F)F)c2)Cc2nc(C(=O)NC(Cc3ccccc3)c3ccccc3)cs2)c(OC)c1. The molecule has 0 saturated heterocycles. The van der Waals surface area contributed by atoms with Gasteiger partial charge in [0.15, 0.2) is 0 Å². The normalized spacial score (nSPS) is 12.1. The molecule has 1 amide bonds. The number of thiazole rings is 1. The molecule has 0 saturated carbocycles. The molecule has 5 rings (SSSR count). The van der Waals surface area contributed by atoms with Crippen molar-refractivity contribution < 1.29 is 27.4 Å². The number of methoxy groups -OCH3 is 2. The van der Waals surface area contributed by atoms with E-state index in [-0.39, 0.29) is 24.2 Å². The van der Waals surface area contributed by atoms with E-state index < -0.39 is 11.7 Å². The van der Waals surface area contributed by atoms with Crippen molar-refractivity contribution in [2.75, 3.05) is 14.2 Å². The highest BCUT2D eigenvalue weighted by Gasteiger charge is 2.30. The number of carbonyl (C=O) groups excluding carboxylic acids is 1. The summed E-state index contributed by atoms with van der Waals surface area (Å²) in [7, 11) is 3.12. The minimum absolute atomic E-state index is 0.216. The van der Waals surface area contributed by atoms with E-state index in [1.165, 1.54) is 17.4 Å². The summed E-state index contributed by atoms with van der Waals surface area (Å²) in [4.78, 5) is 20.1. The fraction of sp³-hybridized carbons (Fsp3) is 0.222. The molecule has 0 spiro atoms. The highest BCUT2D eigenvalue weighted by atomic mass is 32.1. The molecule has 1 atom stereocenters. The maximum atomic E-state index is 13.5. The fourth-order valence-corrected chi connectivity index (χ4v) is 6.01. The summed E-state index contributed by atoms with van der Waals surface area (Å²) in [5.74, 6) is 0.924. The van der Waals surface area contributed by atoms with E-state index in [4.69, 9.17) is 9.47 Å². The molecule has 10 heteroatoms. The van der Waals surface area contributed by atoms with Crippen LogP contribution in [-0.4, -0.2) is 30.0 Å². The first kappa shape index (κ1) is 32.7. The molecule has 5 aromatic rings. The molecule has 1 heterocycles. The predicted molar refractivity (Wildman–Crippen MR) is 173 cm³/mol. The smallest absolute Gasteiger partial charge is 0.416 e. The third-order valence-corrected chi connectivity index (χ3v) is 8.32. The summed E-state index contributed by atoms with van der Waals surface area (Å²) in [6, 6.07) is 30.2. The van der Waals surface area contributed by atoms with Crippen LogP contribution in [0.5, 0.6) is 11.5 Å². The second kappa shape index (κ2) is 15.1. The minimum atomic E-state index is -4.45. The summed E-state index contributed by atoms with van der Waals surface area (Å²) in [5, 5.41) is 5.52. The van der Waals surface area contributed by atoms with Crippen LogP contribution in [0.4, 0.5) is 13.2 Å². The molecule has 0 fully saturated rings. The number of benzene rings is 4. The number of nitrogens with one attached hydrogen (secondary N) is 1. The van der Waals surface area contributed by atoms with Gasteiger partial charge in [0, 0.05) is 30.1 Å². The highest BCUT2D eigenvalue weighted by Crippen LogP contribution is 2.31. The van der Waals surface area contributed by atoms with E-state index in [1.807, 2.05) is 77.7 Å². The average molecular weight is 646 g/mol. The van der Waals surface area contributed by atoms with Gasteiger partial charge in [0.25, 0.3) is 5.91 Å². The molecule has 4 aromatic carbocycles. The van der Waals surface area contributed by atoms with Crippen molar-refractivity contribution in [1.82, 2.24) is 15.2 Å². The van der Waals surface area contributed by atoms with Crippen LogP contribution in [0.25, 0.3) is 0 Å². The first-order valence-electron chi connectivity index (χ1n) is 14.7. The Kier molecular flexibility index (Phi) is 10.7. The van der Waals surface area contributed by atoms with Gasteiger partial charge in [-0.15, -0.1) is 11.3 Å². The van der Waals surface area contributed by atoms with E-state index >= 15 is 0 Å². The first-order valence-corrected chi connectivity index (χ1v) is 15.5. The van der Waals surface area contributed by atoms with Crippen LogP contribution in [0.2, 0.25) is 0 Å². The van der Waals surface area contributed by atoms with Crippen LogP contribution in [0.15, 0.2) is 109 Å². The number of alkyl halides is 3. The molecule has 6 nitrogen and oxygen atoms in total. The van der Waals surface area contributed by atoms with Crippen molar-refractivity contribution in [2.24, 2.45) is 0 Å². The van der Waals surface area contributed by atoms with Gasteiger partial charge < -0.3 is 14.8 Å². The lowest BCUT2D eigenvalue weighted by atomic mass is 9.99. The predicted octanol–water partition coefficient (Wildman–Crippen LogP) is 8.10. The zero-order valence-electron chi connectivity index (χ0n) is 25.5. The minimum Gasteiger partial charge on any atom is -0.497 e. The van der Waals surface area contributed by atoms with E-state index in [1.54, 1.807) is 31.7 Å². The van der Waals surface area contributed by atoms with Crippen LogP contribution >= 0.6 is 11.3 Å². The Morgan fingerprint density at radius 2 is 1.57 bits per heavy atom. The number of halogens is 3. The molecule has 0 radical (unpaired) electrons. The second-order valence-electron chi connectivity index (χ2n) is 10.8. The van der Waals surface area contributed by atoms with Gasteiger partial charge in [-0.25, -0.2) is 4.98 Å². The largest absolute Gasteiger partial charge is 0.497 e. The standard InChI is InChI=1S/C36H34F3N3O3S/c1-44-30-17-16-28(33(20-30)45-2)22-42(21-26-12-9-15-29(18-26)36(37,38)39)23-34-40-32(24-46-34)35(43)41-31(27-13-7-4-8-14-27)19-25-10-5-3-6-11-25/h3-18,20,24,31H,19,21-23H2,1-2H3,(H,41,43). The number of aromatic nitrogens is 1. The van der Waals surface area contributed by atoms with Crippen LogP contribution in [0.1, 0.15) is 49.4 Å². The van der Waals surface area contributed by atoms with Crippen molar-refractivity contribution >= 4 is 17.2 Å². The summed E-state index contributed by atoms with van der Waals surface area (Å²) in [6.45, 7) is 0.876. The number of nitrogens with zero attached hydrogens (tertiary/aromatic N) is 2. The number of rotatable bonds is 13. The number of hydrogen-bond acceptors (Lipinski definition) is 6. The topological polar surface area (TPSA) is 63.7 Å². The van der Waals surface area contributed by atoms with Gasteiger partial charge in [0.05, 0.1) is 32.4 Å². The molecule has 46 heavy (non-hydrogen) atoms. The van der Waals surface area contributed by atoms with E-state index in [0.29, 0.717) is 41.6 Å². The summed E-state index contributed by atoms with van der Waals surface area (Å²) in [5.41, 5.74) is 2.99. The Morgan fingerprint density at radius 1 is 0.848 bits per heavy atom. The van der Waals surface area contributed by atoms with Gasteiger partial charge in [-0.3, -0.25) is 9.69 Å². The van der Waals surface area contributed by atoms with Crippen molar-refractivity contribution in [3.63, 3.8) is 0 Å². The quantitative estimate of drug-likeness (QED) is 0.140. The third-order valence-electron chi connectivity index (χ3n) is 7.48. The van der Waals surface area contributed by atoms with E-state index in [2.05, 4.69) is 10.3 Å². The van der Waals surface area contributed by atoms with Gasteiger partial charge in [-0.05, 0) is 35.2 Å². The Morgan fingerprint density at radius 3 is 2.26 bits per heavy atom. The number of hydrogen-bond donors (Lipinski definition) is 1. The fourth-order valence-electron chi connectivity index (χ4n) is 5.19. The van der Waals surface area contributed by atoms with Crippen LogP contribution in [0.3, 0.4) is 0 Å². The van der Waals surface area contributed by atoms with Crippen molar-refractivity contribution in [3.05, 3.63) is 147 Å². The van der Waals surface area contributed by atoms with Gasteiger partial charge >= 0.3 is 6.18 Å². The third kappa shape index (κ3) is 8.74. The Bertz CT molecular complexity index is 1730. The van der Waals surface area contributed by atoms with Gasteiger partial charge in [-0.2, -0.15) is 13.2 Å². The van der Waals surface area contributed by atoms with E-state index in [0.717, 1.165) is 28.8 Å². The van der Waals surface area contributed by atoms with Gasteiger partial charge in [-0.1, -0.05) is 84.9 Å². The lowest BCUT2D eigenvalue weighted by Gasteiger charge is -2.23. The maximum Gasteiger partial charge on any atom is 0.416 e. The van der Waals surface area contributed by atoms with Crippen LogP contribution < -0.4 is 14.8 Å². The van der Waals surface area contributed by atoms with E-state index in [9.17, 15) is 18.0 Å². The van der Waals surface area contributed by atoms with Gasteiger partial charge in [0.2, 0.25) is 0 Å².